The molecule has 2 N–H and O–H groups in total. The van der Waals surface area contributed by atoms with E-state index in [4.69, 9.17) is 0 Å². The zero-order chi connectivity index (χ0) is 23.5. The highest BCUT2D eigenvalue weighted by atomic mass is 19.4. The van der Waals surface area contributed by atoms with E-state index in [1.165, 1.54) is 18.2 Å². The third-order valence-corrected chi connectivity index (χ3v) is 4.34. The smallest absolute Gasteiger partial charge is 0.406 e. The number of rotatable bonds is 7. The van der Waals surface area contributed by atoms with E-state index in [0.29, 0.717) is 18.6 Å². The lowest BCUT2D eigenvalue weighted by Crippen LogP contribution is -2.17. The maximum absolute atomic E-state index is 14.1. The Morgan fingerprint density at radius 2 is 1.69 bits per heavy atom. The number of hydrogen-bond acceptors (Lipinski definition) is 5. The van der Waals surface area contributed by atoms with Crippen LogP contribution in [0.15, 0.2) is 42.5 Å². The molecule has 5 nitrogen and oxygen atoms in total. The quantitative estimate of drug-likeness (QED) is 0.402. The first-order valence-electron chi connectivity index (χ1n) is 9.47. The first-order chi connectivity index (χ1) is 15.0. The van der Waals surface area contributed by atoms with E-state index in [-0.39, 0.29) is 29.1 Å². The van der Waals surface area contributed by atoms with Crippen molar-refractivity contribution in [1.29, 1.82) is 0 Å². The van der Waals surface area contributed by atoms with Gasteiger partial charge in [-0.1, -0.05) is 19.1 Å². The Kier molecular flexibility index (Phi) is 6.75. The molecule has 32 heavy (non-hydrogen) atoms. The molecular formula is C21H18F6N4O. The minimum Gasteiger partial charge on any atom is -0.406 e. The molecule has 1 heterocycles. The van der Waals surface area contributed by atoms with Gasteiger partial charge >= 0.3 is 6.36 Å². The minimum atomic E-state index is -4.88. The van der Waals surface area contributed by atoms with Gasteiger partial charge in [-0.05, 0) is 25.5 Å². The van der Waals surface area contributed by atoms with Crippen LogP contribution >= 0.6 is 0 Å². The maximum atomic E-state index is 14.1. The third-order valence-electron chi connectivity index (χ3n) is 4.34. The zero-order valence-corrected chi connectivity index (χ0v) is 16.9. The number of benzene rings is 2. The van der Waals surface area contributed by atoms with E-state index in [0.717, 1.165) is 12.1 Å². The van der Waals surface area contributed by atoms with Crippen LogP contribution in [0.2, 0.25) is 0 Å². The summed E-state index contributed by atoms with van der Waals surface area (Å²) in [6.07, 6.45) is -4.18. The lowest BCUT2D eigenvalue weighted by atomic mass is 10.1. The Morgan fingerprint density at radius 3 is 2.31 bits per heavy atom. The summed E-state index contributed by atoms with van der Waals surface area (Å²) in [6.45, 7) is 3.75. The fourth-order valence-electron chi connectivity index (χ4n) is 2.69. The molecule has 2 aromatic carbocycles. The van der Waals surface area contributed by atoms with Gasteiger partial charge in [0.15, 0.2) is 11.6 Å². The van der Waals surface area contributed by atoms with Crippen LogP contribution in [-0.2, 0) is 0 Å². The highest BCUT2D eigenvalue weighted by Crippen LogP contribution is 2.30. The van der Waals surface area contributed by atoms with Crippen LogP contribution in [0.1, 0.15) is 20.3 Å². The predicted molar refractivity (Wildman–Crippen MR) is 107 cm³/mol. The van der Waals surface area contributed by atoms with E-state index in [2.05, 4.69) is 25.3 Å². The number of anilines is 3. The second kappa shape index (κ2) is 9.33. The summed E-state index contributed by atoms with van der Waals surface area (Å²) in [4.78, 5) is 8.44. The Hall–Kier alpha value is -3.50. The van der Waals surface area contributed by atoms with Crippen LogP contribution in [0.3, 0.4) is 0 Å². The molecule has 1 aromatic heterocycles. The normalized spacial score (nSPS) is 12.4. The molecule has 0 saturated carbocycles. The van der Waals surface area contributed by atoms with Gasteiger partial charge in [-0.3, -0.25) is 0 Å². The minimum absolute atomic E-state index is 0.0626. The van der Waals surface area contributed by atoms with Crippen molar-refractivity contribution in [2.45, 2.75) is 32.7 Å². The van der Waals surface area contributed by atoms with Crippen molar-refractivity contribution in [1.82, 2.24) is 9.97 Å². The largest absolute Gasteiger partial charge is 0.573 e. The van der Waals surface area contributed by atoms with E-state index >= 15 is 0 Å². The molecule has 11 heteroatoms. The Bertz CT molecular complexity index is 1080. The van der Waals surface area contributed by atoms with E-state index in [1.807, 2.05) is 13.8 Å². The molecule has 0 fully saturated rings. The summed E-state index contributed by atoms with van der Waals surface area (Å²) in [5.41, 5.74) is -0.243. The van der Waals surface area contributed by atoms with Crippen molar-refractivity contribution in [2.75, 3.05) is 10.6 Å². The summed E-state index contributed by atoms with van der Waals surface area (Å²) in [5, 5.41) is 5.44. The summed E-state index contributed by atoms with van der Waals surface area (Å²) in [5.74, 6) is -3.90. The molecule has 0 aliphatic heterocycles. The highest BCUT2D eigenvalue weighted by molar-refractivity contribution is 5.68. The maximum Gasteiger partial charge on any atom is 0.573 e. The zero-order valence-electron chi connectivity index (χ0n) is 16.9. The van der Waals surface area contributed by atoms with E-state index < -0.39 is 35.3 Å². The number of hydrogen-bond donors (Lipinski definition) is 2. The van der Waals surface area contributed by atoms with Gasteiger partial charge in [0.25, 0.3) is 0 Å². The Morgan fingerprint density at radius 1 is 1.00 bits per heavy atom. The summed E-state index contributed by atoms with van der Waals surface area (Å²) in [7, 11) is 0. The molecule has 3 aromatic rings. The number of nitrogens with one attached hydrogen (secondary N) is 2. The van der Waals surface area contributed by atoms with Gasteiger partial charge in [-0.25, -0.2) is 18.2 Å². The second-order valence-corrected chi connectivity index (χ2v) is 6.86. The predicted octanol–water partition coefficient (Wildman–Crippen LogP) is 6.41. The van der Waals surface area contributed by atoms with Crippen LogP contribution in [0.25, 0.3) is 11.3 Å². The lowest BCUT2D eigenvalue weighted by Gasteiger charge is -2.15. The summed E-state index contributed by atoms with van der Waals surface area (Å²) < 4.78 is 83.0. The standard InChI is InChI=1S/C21H18F6N4O/c1-3-11(2)28-20-29-17(12-5-4-6-14(7-12)32-21(25,26)27)10-18(31-20)30-19-15(23)8-13(22)9-16(19)24/h4-11H,3H2,1-2H3,(H2,28,29,30,31)/t11-/m0/s1. The number of halogens is 6. The number of ether oxygens (including phenoxy) is 1. The fourth-order valence-corrected chi connectivity index (χ4v) is 2.69. The van der Waals surface area contributed by atoms with Crippen LogP contribution in [0, 0.1) is 17.5 Å². The van der Waals surface area contributed by atoms with Gasteiger partial charge < -0.3 is 15.4 Å². The molecule has 0 amide bonds. The van der Waals surface area contributed by atoms with Gasteiger partial charge in [0.2, 0.25) is 5.95 Å². The molecule has 170 valence electrons. The molecule has 0 unspecified atom stereocenters. The van der Waals surface area contributed by atoms with Gasteiger partial charge in [-0.2, -0.15) is 4.98 Å². The Balaban J connectivity index is 2.03. The third kappa shape index (κ3) is 6.02. The number of aromatic nitrogens is 2. The van der Waals surface area contributed by atoms with Gasteiger partial charge in [0.1, 0.15) is 23.1 Å². The first kappa shape index (κ1) is 23.2. The van der Waals surface area contributed by atoms with Crippen molar-refractivity contribution in [3.63, 3.8) is 0 Å². The average Bonchev–Trinajstić information content (AvgIpc) is 2.69. The molecule has 0 spiro atoms. The van der Waals surface area contributed by atoms with Crippen LogP contribution < -0.4 is 15.4 Å². The van der Waals surface area contributed by atoms with Crippen LogP contribution in [0.4, 0.5) is 43.8 Å². The average molecular weight is 456 g/mol. The van der Waals surface area contributed by atoms with Gasteiger partial charge in [0.05, 0.1) is 5.69 Å². The van der Waals surface area contributed by atoms with Crippen molar-refractivity contribution in [3.05, 3.63) is 59.9 Å². The molecule has 3 rings (SSSR count). The molecule has 0 saturated heterocycles. The lowest BCUT2D eigenvalue weighted by molar-refractivity contribution is -0.274. The second-order valence-electron chi connectivity index (χ2n) is 6.86. The highest BCUT2D eigenvalue weighted by Gasteiger charge is 2.31. The monoisotopic (exact) mass is 456 g/mol. The van der Waals surface area contributed by atoms with Gasteiger partial charge in [0, 0.05) is 29.8 Å². The number of alkyl halides is 3. The van der Waals surface area contributed by atoms with E-state index in [1.54, 1.807) is 0 Å². The molecule has 0 aliphatic rings. The Labute approximate surface area is 179 Å². The van der Waals surface area contributed by atoms with Crippen molar-refractivity contribution < 1.29 is 31.1 Å². The first-order valence-corrected chi connectivity index (χ1v) is 9.47. The molecular weight excluding hydrogens is 438 g/mol. The number of nitrogens with zero attached hydrogens (tertiary/aromatic N) is 2. The fraction of sp³-hybridized carbons (Fsp3) is 0.238. The molecule has 0 aliphatic carbocycles. The van der Waals surface area contributed by atoms with Crippen molar-refractivity contribution in [2.24, 2.45) is 0 Å². The van der Waals surface area contributed by atoms with Crippen LogP contribution in [0.5, 0.6) is 5.75 Å². The summed E-state index contributed by atoms with van der Waals surface area (Å²) >= 11 is 0. The van der Waals surface area contributed by atoms with Crippen molar-refractivity contribution in [3.8, 4) is 17.0 Å². The topological polar surface area (TPSA) is 59.1 Å². The molecule has 1 atom stereocenters. The van der Waals surface area contributed by atoms with Crippen molar-refractivity contribution >= 4 is 17.5 Å². The SMILES string of the molecule is CC[C@H](C)Nc1nc(Nc2c(F)cc(F)cc2F)cc(-c2cccc(OC(F)(F)F)c2)n1. The molecule has 0 bridgehead atoms. The van der Waals surface area contributed by atoms with Crippen LogP contribution in [-0.4, -0.2) is 22.4 Å². The summed E-state index contributed by atoms with van der Waals surface area (Å²) in [6, 6.07) is 7.29. The van der Waals surface area contributed by atoms with E-state index in [9.17, 15) is 26.3 Å². The molecule has 0 radical (unpaired) electrons. The van der Waals surface area contributed by atoms with Gasteiger partial charge in [-0.15, -0.1) is 13.2 Å².